The summed E-state index contributed by atoms with van der Waals surface area (Å²) < 4.78 is 26.1. The molecule has 1 amide bonds. The quantitative estimate of drug-likeness (QED) is 0.787. The number of rotatable bonds is 3. The van der Waals surface area contributed by atoms with Gasteiger partial charge in [-0.1, -0.05) is 6.07 Å². The van der Waals surface area contributed by atoms with Crippen molar-refractivity contribution in [2.75, 3.05) is 7.05 Å². The van der Waals surface area contributed by atoms with E-state index in [1.807, 2.05) is 0 Å². The van der Waals surface area contributed by atoms with Gasteiger partial charge in [0.1, 0.15) is 11.6 Å². The fourth-order valence-corrected chi connectivity index (χ4v) is 1.13. The fourth-order valence-electron chi connectivity index (χ4n) is 1.13. The number of halogens is 2. The van der Waals surface area contributed by atoms with Gasteiger partial charge in [0.15, 0.2) is 0 Å². The summed E-state index contributed by atoms with van der Waals surface area (Å²) in [5, 5.41) is 2.39. The maximum Gasteiger partial charge on any atom is 0.220 e. The van der Waals surface area contributed by atoms with Crippen molar-refractivity contribution < 1.29 is 13.6 Å². The normalized spacial score (nSPS) is 9.93. The van der Waals surface area contributed by atoms with Crippen LogP contribution < -0.4 is 5.32 Å². The van der Waals surface area contributed by atoms with Crippen molar-refractivity contribution in [1.29, 1.82) is 0 Å². The van der Waals surface area contributed by atoms with Crippen LogP contribution in [-0.4, -0.2) is 13.0 Å². The average molecular weight is 199 g/mol. The highest BCUT2D eigenvalue weighted by Crippen LogP contribution is 2.13. The zero-order valence-corrected chi connectivity index (χ0v) is 7.81. The summed E-state index contributed by atoms with van der Waals surface area (Å²) in [6.07, 6.45) is 0.173. The number of amides is 1. The van der Waals surface area contributed by atoms with E-state index in [0.29, 0.717) is 0 Å². The van der Waals surface area contributed by atoms with E-state index in [-0.39, 0.29) is 24.3 Å². The molecule has 1 rings (SSSR count). The predicted octanol–water partition coefficient (Wildman–Crippen LogP) is 1.64. The van der Waals surface area contributed by atoms with Gasteiger partial charge in [0.2, 0.25) is 5.91 Å². The summed E-state index contributed by atoms with van der Waals surface area (Å²) in [6.45, 7) is 0. The third kappa shape index (κ3) is 2.52. The Bertz CT molecular complexity index is 319. The second-order valence-electron chi connectivity index (χ2n) is 2.87. The van der Waals surface area contributed by atoms with Gasteiger partial charge in [0.05, 0.1) is 0 Å². The van der Waals surface area contributed by atoms with Gasteiger partial charge in [-0.15, -0.1) is 0 Å². The Morgan fingerprint density at radius 3 is 2.43 bits per heavy atom. The Balaban J connectivity index is 2.71. The van der Waals surface area contributed by atoms with Crippen molar-refractivity contribution in [3.05, 3.63) is 35.4 Å². The average Bonchev–Trinajstić information content (AvgIpc) is 2.16. The first-order valence-corrected chi connectivity index (χ1v) is 4.28. The lowest BCUT2D eigenvalue weighted by atomic mass is 10.1. The van der Waals surface area contributed by atoms with E-state index in [0.717, 1.165) is 0 Å². The Labute approximate surface area is 80.9 Å². The molecule has 0 aliphatic rings. The number of hydrogen-bond donors (Lipinski definition) is 1. The predicted molar refractivity (Wildman–Crippen MR) is 48.7 cm³/mol. The van der Waals surface area contributed by atoms with Gasteiger partial charge in [-0.3, -0.25) is 4.79 Å². The van der Waals surface area contributed by atoms with Crippen molar-refractivity contribution in [3.63, 3.8) is 0 Å². The third-order valence-electron chi connectivity index (χ3n) is 1.94. The van der Waals surface area contributed by atoms with Crippen LogP contribution in [0.2, 0.25) is 0 Å². The molecular weight excluding hydrogens is 188 g/mol. The minimum atomic E-state index is -0.603. The van der Waals surface area contributed by atoms with Gasteiger partial charge in [-0.05, 0) is 18.6 Å². The summed E-state index contributed by atoms with van der Waals surface area (Å²) in [5.41, 5.74) is -0.0314. The molecule has 0 atom stereocenters. The maximum absolute atomic E-state index is 13.0. The molecule has 14 heavy (non-hydrogen) atoms. The number of carbonyl (C=O) groups excluding carboxylic acids is 1. The lowest BCUT2D eigenvalue weighted by Gasteiger charge is -2.03. The molecule has 1 aromatic carbocycles. The molecule has 0 aliphatic heterocycles. The SMILES string of the molecule is CNC(=O)CCc1c(F)cccc1F. The number of nitrogens with one attached hydrogen (secondary N) is 1. The number of hydrogen-bond acceptors (Lipinski definition) is 1. The van der Waals surface area contributed by atoms with Crippen LogP contribution in [0.15, 0.2) is 18.2 Å². The van der Waals surface area contributed by atoms with E-state index in [4.69, 9.17) is 0 Å². The van der Waals surface area contributed by atoms with Gasteiger partial charge in [0, 0.05) is 19.0 Å². The zero-order chi connectivity index (χ0) is 10.6. The molecule has 0 aromatic heterocycles. The van der Waals surface area contributed by atoms with Crippen LogP contribution in [0.25, 0.3) is 0 Å². The summed E-state index contributed by atoms with van der Waals surface area (Å²) in [5.74, 6) is -1.43. The second kappa shape index (κ2) is 4.69. The van der Waals surface area contributed by atoms with Crippen molar-refractivity contribution in [3.8, 4) is 0 Å². The van der Waals surface area contributed by atoms with Crippen LogP contribution in [0, 0.1) is 11.6 Å². The molecule has 1 aromatic rings. The first-order chi connectivity index (χ1) is 6.65. The second-order valence-corrected chi connectivity index (χ2v) is 2.87. The van der Waals surface area contributed by atoms with Gasteiger partial charge in [-0.25, -0.2) is 8.78 Å². The Hall–Kier alpha value is -1.45. The molecule has 0 radical (unpaired) electrons. The molecule has 0 saturated carbocycles. The Morgan fingerprint density at radius 1 is 1.36 bits per heavy atom. The molecule has 0 saturated heterocycles. The zero-order valence-electron chi connectivity index (χ0n) is 7.81. The largest absolute Gasteiger partial charge is 0.359 e. The topological polar surface area (TPSA) is 29.1 Å². The Morgan fingerprint density at radius 2 is 1.93 bits per heavy atom. The Kier molecular flexibility index (Phi) is 3.56. The highest BCUT2D eigenvalue weighted by molar-refractivity contribution is 5.75. The smallest absolute Gasteiger partial charge is 0.220 e. The van der Waals surface area contributed by atoms with E-state index in [1.54, 1.807) is 0 Å². The van der Waals surface area contributed by atoms with Crippen LogP contribution >= 0.6 is 0 Å². The molecule has 4 heteroatoms. The van der Waals surface area contributed by atoms with E-state index >= 15 is 0 Å². The van der Waals surface area contributed by atoms with Gasteiger partial charge in [0.25, 0.3) is 0 Å². The van der Waals surface area contributed by atoms with Crippen LogP contribution in [-0.2, 0) is 11.2 Å². The van der Waals surface area contributed by atoms with Crippen LogP contribution in [0.4, 0.5) is 8.78 Å². The minimum absolute atomic E-state index is 0.0314. The van der Waals surface area contributed by atoms with E-state index < -0.39 is 11.6 Å². The third-order valence-corrected chi connectivity index (χ3v) is 1.94. The van der Waals surface area contributed by atoms with Gasteiger partial charge >= 0.3 is 0 Å². The minimum Gasteiger partial charge on any atom is -0.359 e. The van der Waals surface area contributed by atoms with Crippen molar-refractivity contribution in [2.24, 2.45) is 0 Å². The molecule has 2 nitrogen and oxygen atoms in total. The van der Waals surface area contributed by atoms with Crippen molar-refractivity contribution in [2.45, 2.75) is 12.8 Å². The van der Waals surface area contributed by atoms with Crippen molar-refractivity contribution >= 4 is 5.91 Å². The molecule has 0 unspecified atom stereocenters. The lowest BCUT2D eigenvalue weighted by molar-refractivity contribution is -0.120. The van der Waals surface area contributed by atoms with Crippen molar-refractivity contribution in [1.82, 2.24) is 5.32 Å². The molecule has 0 bridgehead atoms. The van der Waals surface area contributed by atoms with E-state index in [1.165, 1.54) is 25.2 Å². The number of benzene rings is 1. The molecule has 0 heterocycles. The standard InChI is InChI=1S/C10H11F2NO/c1-13-10(14)6-5-7-8(11)3-2-4-9(7)12/h2-4H,5-6H2,1H3,(H,13,14). The molecular formula is C10H11F2NO. The fraction of sp³-hybridized carbons (Fsp3) is 0.300. The highest BCUT2D eigenvalue weighted by atomic mass is 19.1. The first-order valence-electron chi connectivity index (χ1n) is 4.28. The maximum atomic E-state index is 13.0. The highest BCUT2D eigenvalue weighted by Gasteiger charge is 2.09. The van der Waals surface area contributed by atoms with Gasteiger partial charge < -0.3 is 5.32 Å². The monoisotopic (exact) mass is 199 g/mol. The van der Waals surface area contributed by atoms with Crippen LogP contribution in [0.3, 0.4) is 0 Å². The van der Waals surface area contributed by atoms with E-state index in [9.17, 15) is 13.6 Å². The van der Waals surface area contributed by atoms with Gasteiger partial charge in [-0.2, -0.15) is 0 Å². The summed E-state index contributed by atoms with van der Waals surface area (Å²) in [6, 6.07) is 3.67. The lowest BCUT2D eigenvalue weighted by Crippen LogP contribution is -2.18. The van der Waals surface area contributed by atoms with E-state index in [2.05, 4.69) is 5.32 Å². The molecule has 0 aliphatic carbocycles. The molecule has 1 N–H and O–H groups in total. The number of carbonyl (C=O) groups is 1. The molecule has 76 valence electrons. The first kappa shape index (κ1) is 10.6. The molecule has 0 spiro atoms. The summed E-state index contributed by atoms with van der Waals surface area (Å²) >= 11 is 0. The summed E-state index contributed by atoms with van der Waals surface area (Å²) in [4.78, 5) is 10.9. The summed E-state index contributed by atoms with van der Waals surface area (Å²) in [7, 11) is 1.49. The van der Waals surface area contributed by atoms with Crippen LogP contribution in [0.1, 0.15) is 12.0 Å². The molecule has 0 fully saturated rings. The van der Waals surface area contributed by atoms with Crippen LogP contribution in [0.5, 0.6) is 0 Å².